The summed E-state index contributed by atoms with van der Waals surface area (Å²) in [7, 11) is 1.36. The Hall–Kier alpha value is -4.46. The Morgan fingerprint density at radius 2 is 1.24 bits per heavy atom. The summed E-state index contributed by atoms with van der Waals surface area (Å²) in [5.74, 6) is -0.766. The molecule has 0 unspecified atom stereocenters. The summed E-state index contributed by atoms with van der Waals surface area (Å²) in [5.41, 5.74) is 2.72. The number of nitrogens with one attached hydrogen (secondary N) is 2. The first-order chi connectivity index (χ1) is 20.4. The monoisotopic (exact) mass is 566 g/mol. The van der Waals surface area contributed by atoms with E-state index in [2.05, 4.69) is 10.6 Å². The Morgan fingerprint density at radius 1 is 0.762 bits per heavy atom. The number of carbonyl (C=O) groups excluding carboxylic acids is 2. The van der Waals surface area contributed by atoms with Gasteiger partial charge in [-0.2, -0.15) is 0 Å². The predicted octanol–water partition coefficient (Wildman–Crippen LogP) is 4.97. The van der Waals surface area contributed by atoms with Gasteiger partial charge in [-0.1, -0.05) is 103 Å². The van der Waals surface area contributed by atoms with E-state index in [0.717, 1.165) is 22.3 Å². The van der Waals surface area contributed by atoms with Crippen LogP contribution >= 0.6 is 0 Å². The lowest BCUT2D eigenvalue weighted by Gasteiger charge is -2.41. The van der Waals surface area contributed by atoms with E-state index in [0.29, 0.717) is 6.42 Å². The number of esters is 2. The van der Waals surface area contributed by atoms with Gasteiger partial charge >= 0.3 is 11.9 Å². The molecule has 0 aliphatic carbocycles. The van der Waals surface area contributed by atoms with Crippen LogP contribution < -0.4 is 10.6 Å². The van der Waals surface area contributed by atoms with Gasteiger partial charge in [-0.3, -0.25) is 20.2 Å². The van der Waals surface area contributed by atoms with E-state index in [1.807, 2.05) is 97.9 Å². The van der Waals surface area contributed by atoms with Crippen LogP contribution in [-0.2, 0) is 31.0 Å². The maximum atomic E-state index is 13.5. The number of ether oxygens (including phenoxy) is 2. The minimum Gasteiger partial charge on any atom is -0.508 e. The average Bonchev–Trinajstić information content (AvgIpc) is 3.03. The first kappa shape index (κ1) is 30.5. The third kappa shape index (κ3) is 7.05. The van der Waals surface area contributed by atoms with Gasteiger partial charge in [0.2, 0.25) is 0 Å². The Labute approximate surface area is 247 Å². The molecule has 7 nitrogen and oxygen atoms in total. The first-order valence-electron chi connectivity index (χ1n) is 14.1. The van der Waals surface area contributed by atoms with Crippen LogP contribution in [0.4, 0.5) is 0 Å². The number of phenols is 1. The molecule has 7 heteroatoms. The third-order valence-corrected chi connectivity index (χ3v) is 7.36. The molecular formula is C35H38N2O5. The van der Waals surface area contributed by atoms with E-state index in [-0.39, 0.29) is 12.4 Å². The van der Waals surface area contributed by atoms with Crippen LogP contribution in [0.1, 0.15) is 36.1 Å². The van der Waals surface area contributed by atoms with Gasteiger partial charge in [0.25, 0.3) is 0 Å². The van der Waals surface area contributed by atoms with Crippen molar-refractivity contribution in [2.75, 3.05) is 13.7 Å². The number of rotatable bonds is 13. The van der Waals surface area contributed by atoms with Crippen LogP contribution in [0.3, 0.4) is 0 Å². The minimum absolute atomic E-state index is 0.141. The van der Waals surface area contributed by atoms with Gasteiger partial charge in [-0.25, -0.2) is 0 Å². The number of benzene rings is 4. The normalized spacial score (nSPS) is 13.5. The second-order valence-corrected chi connectivity index (χ2v) is 10.1. The van der Waals surface area contributed by atoms with Gasteiger partial charge < -0.3 is 14.6 Å². The molecule has 0 fully saturated rings. The summed E-state index contributed by atoms with van der Waals surface area (Å²) in [6, 6.07) is 34.4. The van der Waals surface area contributed by atoms with Crippen molar-refractivity contribution >= 4 is 11.9 Å². The maximum absolute atomic E-state index is 13.5. The zero-order chi connectivity index (χ0) is 30.0. The van der Waals surface area contributed by atoms with Gasteiger partial charge in [0.15, 0.2) is 0 Å². The summed E-state index contributed by atoms with van der Waals surface area (Å²) in [6.07, 6.45) is 0.304. The fourth-order valence-electron chi connectivity index (χ4n) is 5.30. The molecule has 4 rings (SSSR count). The number of methoxy groups -OCH3 is 1. The Balaban J connectivity index is 1.78. The minimum atomic E-state index is -0.936. The zero-order valence-corrected chi connectivity index (χ0v) is 24.2. The Morgan fingerprint density at radius 3 is 1.67 bits per heavy atom. The molecule has 0 radical (unpaired) electrons. The fourth-order valence-corrected chi connectivity index (χ4v) is 5.30. The largest absolute Gasteiger partial charge is 0.508 e. The van der Waals surface area contributed by atoms with Gasteiger partial charge in [0.05, 0.1) is 19.3 Å². The molecule has 4 aromatic rings. The van der Waals surface area contributed by atoms with Crippen molar-refractivity contribution in [3.8, 4) is 5.75 Å². The first-order valence-corrected chi connectivity index (χ1v) is 14.1. The highest BCUT2D eigenvalue weighted by molar-refractivity contribution is 5.79. The van der Waals surface area contributed by atoms with E-state index >= 15 is 0 Å². The van der Waals surface area contributed by atoms with Crippen LogP contribution in [0, 0.1) is 0 Å². The van der Waals surface area contributed by atoms with Gasteiger partial charge in [-0.05, 0) is 54.7 Å². The Bertz CT molecular complexity index is 1320. The molecule has 218 valence electrons. The summed E-state index contributed by atoms with van der Waals surface area (Å²) in [6.45, 7) is 3.83. The maximum Gasteiger partial charge on any atom is 0.324 e. The van der Waals surface area contributed by atoms with Crippen molar-refractivity contribution in [2.45, 2.75) is 43.9 Å². The van der Waals surface area contributed by atoms with Crippen molar-refractivity contribution in [2.24, 2.45) is 0 Å². The topological polar surface area (TPSA) is 96.9 Å². The molecule has 0 heterocycles. The number of hydrogen-bond acceptors (Lipinski definition) is 7. The second kappa shape index (κ2) is 14.4. The number of aromatic hydroxyl groups is 1. The van der Waals surface area contributed by atoms with Gasteiger partial charge in [-0.15, -0.1) is 0 Å². The second-order valence-electron chi connectivity index (χ2n) is 10.1. The van der Waals surface area contributed by atoms with Crippen LogP contribution in [-0.4, -0.2) is 48.9 Å². The zero-order valence-electron chi connectivity index (χ0n) is 24.2. The third-order valence-electron chi connectivity index (χ3n) is 7.36. The smallest absolute Gasteiger partial charge is 0.324 e. The highest BCUT2D eigenvalue weighted by Gasteiger charge is 2.42. The lowest BCUT2D eigenvalue weighted by molar-refractivity contribution is -0.148. The summed E-state index contributed by atoms with van der Waals surface area (Å²) < 4.78 is 10.7. The van der Waals surface area contributed by atoms with Crippen LogP contribution in [0.15, 0.2) is 115 Å². The van der Waals surface area contributed by atoms with Gasteiger partial charge in [0, 0.05) is 6.04 Å². The highest BCUT2D eigenvalue weighted by atomic mass is 16.5. The van der Waals surface area contributed by atoms with Crippen LogP contribution in [0.2, 0.25) is 0 Å². The van der Waals surface area contributed by atoms with Gasteiger partial charge in [0.1, 0.15) is 17.8 Å². The average molecular weight is 567 g/mol. The van der Waals surface area contributed by atoms with E-state index in [1.54, 1.807) is 31.2 Å². The van der Waals surface area contributed by atoms with Crippen molar-refractivity contribution in [1.82, 2.24) is 10.6 Å². The summed E-state index contributed by atoms with van der Waals surface area (Å²) >= 11 is 0. The van der Waals surface area contributed by atoms with E-state index in [4.69, 9.17) is 9.47 Å². The van der Waals surface area contributed by atoms with Crippen LogP contribution in [0.5, 0.6) is 5.75 Å². The molecular weight excluding hydrogens is 528 g/mol. The number of carbonyl (C=O) groups is 2. The van der Waals surface area contributed by atoms with Crippen molar-refractivity contribution in [1.29, 1.82) is 0 Å². The molecule has 0 aromatic heterocycles. The summed E-state index contributed by atoms with van der Waals surface area (Å²) in [5, 5.41) is 16.8. The molecule has 3 atom stereocenters. The number of phenolic OH excluding ortho intramolecular Hbond substituents is 1. The van der Waals surface area contributed by atoms with Crippen LogP contribution in [0.25, 0.3) is 0 Å². The van der Waals surface area contributed by atoms with E-state index in [1.165, 1.54) is 7.11 Å². The predicted molar refractivity (Wildman–Crippen MR) is 163 cm³/mol. The SMILES string of the molecule is CCOC(=O)[C@H](Cc1ccc(O)cc1)N[C@H](C)[C@H](NC(c1ccccc1)(c1ccccc1)c1ccccc1)C(=O)OC. The van der Waals surface area contributed by atoms with Crippen molar-refractivity contribution in [3.05, 3.63) is 138 Å². The Kier molecular flexibility index (Phi) is 10.5. The van der Waals surface area contributed by atoms with E-state index in [9.17, 15) is 14.7 Å². The molecule has 0 saturated carbocycles. The molecule has 4 aromatic carbocycles. The van der Waals surface area contributed by atoms with Crippen molar-refractivity contribution in [3.63, 3.8) is 0 Å². The van der Waals surface area contributed by atoms with Crippen molar-refractivity contribution < 1.29 is 24.2 Å². The fraction of sp³-hybridized carbons (Fsp3) is 0.257. The lowest BCUT2D eigenvalue weighted by atomic mass is 9.76. The molecule has 0 spiro atoms. The standard InChI is InChI=1S/C35H38N2O5/c1-4-42-33(39)31(24-26-20-22-30(38)23-21-26)36-25(2)32(34(40)41-3)37-35(27-14-8-5-9-15-27,28-16-10-6-11-17-28)29-18-12-7-13-19-29/h5-23,25,31-32,36-38H,4,24H2,1-3H3/t25-,31+,32+/m1/s1. The lowest BCUT2D eigenvalue weighted by Crippen LogP contribution is -2.61. The molecule has 0 saturated heterocycles. The number of hydrogen-bond donors (Lipinski definition) is 3. The molecule has 3 N–H and O–H groups in total. The summed E-state index contributed by atoms with van der Waals surface area (Å²) in [4.78, 5) is 26.6. The molecule has 42 heavy (non-hydrogen) atoms. The molecule has 0 aliphatic rings. The highest BCUT2D eigenvalue weighted by Crippen LogP contribution is 2.37. The molecule has 0 bridgehead atoms. The van der Waals surface area contributed by atoms with E-state index < -0.39 is 35.6 Å². The quantitative estimate of drug-likeness (QED) is 0.155. The molecule has 0 aliphatic heterocycles. The molecule has 0 amide bonds.